The molecule has 0 aliphatic rings. The Labute approximate surface area is 207 Å². The SMILES string of the molecule is CCCCCCCc1cccc(OC(C)(CC)S(=O)(=O)[O-])c1CCCCCCC.[Na+]. The van der Waals surface area contributed by atoms with Gasteiger partial charge >= 0.3 is 29.6 Å². The number of aryl methyl sites for hydroxylation is 1. The van der Waals surface area contributed by atoms with Crippen molar-refractivity contribution in [1.29, 1.82) is 0 Å². The molecule has 0 spiro atoms. The van der Waals surface area contributed by atoms with Gasteiger partial charge in [-0.25, -0.2) is 8.42 Å². The molecule has 1 atom stereocenters. The molecule has 1 aromatic carbocycles. The maximum Gasteiger partial charge on any atom is 1.00 e. The molecule has 0 saturated heterocycles. The quantitative estimate of drug-likeness (QED) is 0.219. The molecule has 0 saturated carbocycles. The van der Waals surface area contributed by atoms with Crippen LogP contribution in [0.2, 0.25) is 0 Å². The van der Waals surface area contributed by atoms with Crippen LogP contribution in [0.15, 0.2) is 18.2 Å². The maximum absolute atomic E-state index is 11.8. The summed E-state index contributed by atoms with van der Waals surface area (Å²) >= 11 is 0. The average molecular weight is 449 g/mol. The van der Waals surface area contributed by atoms with Crippen molar-refractivity contribution >= 4 is 10.1 Å². The van der Waals surface area contributed by atoms with E-state index in [1.54, 1.807) is 6.92 Å². The van der Waals surface area contributed by atoms with Gasteiger partial charge in [-0.15, -0.1) is 0 Å². The van der Waals surface area contributed by atoms with Crippen molar-refractivity contribution in [3.05, 3.63) is 29.3 Å². The van der Waals surface area contributed by atoms with Gasteiger partial charge in [0.2, 0.25) is 0 Å². The molecular formula is C24H41NaO4S. The minimum atomic E-state index is -4.57. The Bertz CT molecular complexity index is 690. The van der Waals surface area contributed by atoms with E-state index in [9.17, 15) is 13.0 Å². The van der Waals surface area contributed by atoms with Gasteiger partial charge in [-0.05, 0) is 56.2 Å². The van der Waals surface area contributed by atoms with E-state index in [1.807, 2.05) is 12.1 Å². The number of rotatable bonds is 16. The molecule has 0 fully saturated rings. The first-order valence-electron chi connectivity index (χ1n) is 11.5. The summed E-state index contributed by atoms with van der Waals surface area (Å²) < 4.78 is 41.3. The Balaban J connectivity index is 0.00000841. The summed E-state index contributed by atoms with van der Waals surface area (Å²) in [5.41, 5.74) is 2.32. The summed E-state index contributed by atoms with van der Waals surface area (Å²) in [7, 11) is -4.57. The second-order valence-corrected chi connectivity index (χ2v) is 10.0. The fraction of sp³-hybridized carbons (Fsp3) is 0.750. The zero-order valence-corrected chi connectivity index (χ0v) is 22.8. The molecule has 4 nitrogen and oxygen atoms in total. The molecule has 1 aromatic rings. The van der Waals surface area contributed by atoms with E-state index in [2.05, 4.69) is 19.9 Å². The molecule has 6 heteroatoms. The molecule has 0 aliphatic carbocycles. The van der Waals surface area contributed by atoms with Crippen molar-refractivity contribution in [2.45, 2.75) is 116 Å². The van der Waals surface area contributed by atoms with Crippen molar-refractivity contribution < 1.29 is 47.3 Å². The third kappa shape index (κ3) is 10.0. The number of hydrogen-bond donors (Lipinski definition) is 0. The van der Waals surface area contributed by atoms with Gasteiger partial charge in [0.15, 0.2) is 4.93 Å². The smallest absolute Gasteiger partial charge is 0.745 e. The van der Waals surface area contributed by atoms with Gasteiger partial charge in [0.1, 0.15) is 15.9 Å². The van der Waals surface area contributed by atoms with Crippen LogP contribution in [0.25, 0.3) is 0 Å². The van der Waals surface area contributed by atoms with Crippen LogP contribution in [-0.2, 0) is 23.0 Å². The average Bonchev–Trinajstić information content (AvgIpc) is 2.68. The predicted octanol–water partition coefficient (Wildman–Crippen LogP) is 3.77. The predicted molar refractivity (Wildman–Crippen MR) is 120 cm³/mol. The first-order valence-corrected chi connectivity index (χ1v) is 12.9. The third-order valence-electron chi connectivity index (χ3n) is 5.81. The first-order chi connectivity index (χ1) is 13.8. The summed E-state index contributed by atoms with van der Waals surface area (Å²) in [6, 6.07) is 5.87. The summed E-state index contributed by atoms with van der Waals surface area (Å²) in [6.45, 7) is 7.48. The minimum Gasteiger partial charge on any atom is -0.745 e. The summed E-state index contributed by atoms with van der Waals surface area (Å²) in [6.07, 6.45) is 13.9. The van der Waals surface area contributed by atoms with Crippen LogP contribution in [0.1, 0.15) is 109 Å². The monoisotopic (exact) mass is 448 g/mol. The Morgan fingerprint density at radius 1 is 0.867 bits per heavy atom. The largest absolute Gasteiger partial charge is 1.00 e. The van der Waals surface area contributed by atoms with E-state index in [0.717, 1.165) is 37.7 Å². The molecule has 1 unspecified atom stereocenters. The van der Waals surface area contributed by atoms with Gasteiger partial charge in [-0.1, -0.05) is 84.3 Å². The zero-order chi connectivity index (χ0) is 21.8. The molecule has 0 N–H and O–H groups in total. The van der Waals surface area contributed by atoms with Gasteiger partial charge in [0.05, 0.1) is 0 Å². The molecule has 0 aliphatic heterocycles. The molecule has 168 valence electrons. The van der Waals surface area contributed by atoms with Gasteiger partial charge in [0, 0.05) is 0 Å². The molecule has 0 heterocycles. The van der Waals surface area contributed by atoms with Crippen LogP contribution >= 0.6 is 0 Å². The van der Waals surface area contributed by atoms with Crippen LogP contribution in [0.5, 0.6) is 5.75 Å². The van der Waals surface area contributed by atoms with Crippen molar-refractivity contribution in [3.8, 4) is 5.75 Å². The zero-order valence-electron chi connectivity index (χ0n) is 20.0. The Hall–Kier alpha value is -0.0700. The van der Waals surface area contributed by atoms with Gasteiger partial charge in [-0.3, -0.25) is 0 Å². The molecule has 1 rings (SSSR count). The normalized spacial score (nSPS) is 13.5. The van der Waals surface area contributed by atoms with Crippen molar-refractivity contribution in [1.82, 2.24) is 0 Å². The fourth-order valence-electron chi connectivity index (χ4n) is 3.58. The Kier molecular flexibility index (Phi) is 15.6. The number of hydrogen-bond acceptors (Lipinski definition) is 4. The number of unbranched alkanes of at least 4 members (excludes halogenated alkanes) is 8. The number of benzene rings is 1. The summed E-state index contributed by atoms with van der Waals surface area (Å²) in [5.74, 6) is 0.565. The second kappa shape index (κ2) is 15.7. The molecular weight excluding hydrogens is 407 g/mol. The molecule has 0 radical (unpaired) electrons. The van der Waals surface area contributed by atoms with Gasteiger partial charge < -0.3 is 9.29 Å². The van der Waals surface area contributed by atoms with Gasteiger partial charge in [0.25, 0.3) is 0 Å². The Morgan fingerprint density at radius 3 is 1.90 bits per heavy atom. The molecule has 30 heavy (non-hydrogen) atoms. The van der Waals surface area contributed by atoms with Crippen LogP contribution in [-0.4, -0.2) is 17.9 Å². The molecule has 0 aromatic heterocycles. The standard InChI is InChI=1S/C24H42O4S.Na/c1-5-8-10-12-14-17-21-18-16-20-23(22(21)19-15-13-11-9-6-2)28-24(4,7-3)29(25,26)27;/h16,18,20H,5-15,17,19H2,1-4H3,(H,25,26,27);/q;+1/p-1. The van der Waals surface area contributed by atoms with Crippen LogP contribution < -0.4 is 34.3 Å². The summed E-state index contributed by atoms with van der Waals surface area (Å²) in [4.78, 5) is -1.73. The topological polar surface area (TPSA) is 66.4 Å². The van der Waals surface area contributed by atoms with Gasteiger partial charge in [-0.2, -0.15) is 0 Å². The number of ether oxygens (including phenoxy) is 1. The Morgan fingerprint density at radius 2 is 1.40 bits per heavy atom. The maximum atomic E-state index is 11.8. The van der Waals surface area contributed by atoms with Crippen LogP contribution in [0.4, 0.5) is 0 Å². The molecule has 0 bridgehead atoms. The van der Waals surface area contributed by atoms with E-state index in [0.29, 0.717) is 5.75 Å². The van der Waals surface area contributed by atoms with E-state index >= 15 is 0 Å². The van der Waals surface area contributed by atoms with Crippen LogP contribution in [0.3, 0.4) is 0 Å². The van der Waals surface area contributed by atoms with E-state index in [-0.39, 0.29) is 36.0 Å². The second-order valence-electron chi connectivity index (χ2n) is 8.27. The molecule has 0 amide bonds. The van der Waals surface area contributed by atoms with Crippen molar-refractivity contribution in [2.75, 3.05) is 0 Å². The first kappa shape index (κ1) is 29.9. The summed E-state index contributed by atoms with van der Waals surface area (Å²) in [5, 5.41) is 0. The van der Waals surface area contributed by atoms with Crippen molar-refractivity contribution in [2.24, 2.45) is 0 Å². The van der Waals surface area contributed by atoms with E-state index in [4.69, 9.17) is 4.74 Å². The van der Waals surface area contributed by atoms with Crippen molar-refractivity contribution in [3.63, 3.8) is 0 Å². The van der Waals surface area contributed by atoms with E-state index in [1.165, 1.54) is 57.4 Å². The fourth-order valence-corrected chi connectivity index (χ4v) is 4.13. The third-order valence-corrected chi connectivity index (χ3v) is 7.24. The van der Waals surface area contributed by atoms with E-state index < -0.39 is 15.1 Å². The van der Waals surface area contributed by atoms with Crippen LogP contribution in [0, 0.1) is 0 Å². The minimum absolute atomic E-state index is 0.